The minimum absolute atomic E-state index is 0.0732. The van der Waals surface area contributed by atoms with Crippen molar-refractivity contribution in [2.24, 2.45) is 0 Å². The van der Waals surface area contributed by atoms with Crippen LogP contribution in [0, 0.1) is 0 Å². The summed E-state index contributed by atoms with van der Waals surface area (Å²) in [6.07, 6.45) is 0. The summed E-state index contributed by atoms with van der Waals surface area (Å²) in [5.41, 5.74) is 5.81. The van der Waals surface area contributed by atoms with E-state index >= 15 is 0 Å². The lowest BCUT2D eigenvalue weighted by Gasteiger charge is -2.15. The van der Waals surface area contributed by atoms with Crippen LogP contribution in [0.3, 0.4) is 0 Å². The van der Waals surface area contributed by atoms with Gasteiger partial charge >= 0.3 is 0 Å². The number of fused-ring (bicyclic) bond motifs is 6. The zero-order chi connectivity index (χ0) is 51.4. The van der Waals surface area contributed by atoms with Crippen molar-refractivity contribution in [1.29, 1.82) is 0 Å². The molecule has 0 amide bonds. The number of hydrogen-bond donors (Lipinski definition) is 0. The van der Waals surface area contributed by atoms with E-state index in [0.29, 0.717) is 39.9 Å². The van der Waals surface area contributed by atoms with Gasteiger partial charge in [0.1, 0.15) is 0 Å². The Labute approximate surface area is 375 Å². The summed E-state index contributed by atoms with van der Waals surface area (Å²) in [7, 11) is 0. The van der Waals surface area contributed by atoms with Crippen molar-refractivity contribution in [2.75, 3.05) is 0 Å². The Balaban J connectivity index is 1.12. The van der Waals surface area contributed by atoms with E-state index in [1.807, 2.05) is 133 Å². The van der Waals surface area contributed by atoms with Crippen molar-refractivity contribution >= 4 is 43.6 Å². The fourth-order valence-electron chi connectivity index (χ4n) is 8.27. The number of para-hydroxylation sites is 3. The summed E-state index contributed by atoms with van der Waals surface area (Å²) in [6.45, 7) is 0. The molecule has 62 heavy (non-hydrogen) atoms. The molecule has 0 fully saturated rings. The highest BCUT2D eigenvalue weighted by Crippen LogP contribution is 2.40. The van der Waals surface area contributed by atoms with Gasteiger partial charge in [-0.2, -0.15) is 0 Å². The predicted octanol–water partition coefficient (Wildman–Crippen LogP) is 14.4. The summed E-state index contributed by atoms with van der Waals surface area (Å²) in [4.78, 5) is 15.3. The second-order valence-corrected chi connectivity index (χ2v) is 14.7. The maximum Gasteiger partial charge on any atom is 0.166 e. The first-order valence-corrected chi connectivity index (χ1v) is 20.0. The van der Waals surface area contributed by atoms with Gasteiger partial charge in [-0.3, -0.25) is 0 Å². The number of rotatable bonds is 7. The smallest absolute Gasteiger partial charge is 0.166 e. The summed E-state index contributed by atoms with van der Waals surface area (Å²) in [5.74, 6) is 1.33. The molecule has 5 nitrogen and oxygen atoms in total. The second kappa shape index (κ2) is 14.7. The van der Waals surface area contributed by atoms with Crippen LogP contribution in [0.25, 0.3) is 111 Å². The molecule has 0 spiro atoms. The van der Waals surface area contributed by atoms with Crippen LogP contribution in [0.15, 0.2) is 224 Å². The Morgan fingerprint density at radius 2 is 0.935 bits per heavy atom. The van der Waals surface area contributed by atoms with E-state index in [4.69, 9.17) is 24.5 Å². The molecule has 12 rings (SSSR count). The molecule has 0 unspecified atom stereocenters. The minimum Gasteiger partial charge on any atom is -0.309 e. The molecule has 0 aliphatic heterocycles. The Morgan fingerprint density at radius 3 is 1.74 bits per heavy atom. The molecule has 3 aromatic heterocycles. The standard InChI is InChI=1S/C57H37N5/c1-4-16-38(17-5-1)40-28-30-42(31-29-40)56-58-55(41-20-8-3-9-21-41)59-57(60-56)48-24-12-15-27-52(48)62-51-26-14-10-22-45(51)47-34-33-44(37-54(47)62)61-50-25-13-11-23-46(50)49-36-43(32-35-53(49)61)39-18-6-2-7-19-39/h1-37H/i2D,6D,7D,11D,13D,18D,19D,23D,25D,32D,35D,36D. The quantitative estimate of drug-likeness (QED) is 0.161. The maximum atomic E-state index is 9.67. The van der Waals surface area contributed by atoms with E-state index in [1.54, 1.807) is 6.07 Å². The van der Waals surface area contributed by atoms with Crippen LogP contribution >= 0.6 is 0 Å². The Hall–Kier alpha value is -8.41. The average Bonchev–Trinajstić information content (AvgIpc) is 3.98. The Bertz CT molecular complexity index is 4300. The summed E-state index contributed by atoms with van der Waals surface area (Å²) >= 11 is 0. The average molecular weight is 804 g/mol. The van der Waals surface area contributed by atoms with Crippen molar-refractivity contribution in [3.05, 3.63) is 224 Å². The highest BCUT2D eigenvalue weighted by Gasteiger charge is 2.21. The minimum atomic E-state index is -0.692. The van der Waals surface area contributed by atoms with E-state index in [1.165, 1.54) is 4.57 Å². The van der Waals surface area contributed by atoms with Gasteiger partial charge in [-0.05, 0) is 70.7 Å². The largest absolute Gasteiger partial charge is 0.309 e. The predicted molar refractivity (Wildman–Crippen MR) is 256 cm³/mol. The fraction of sp³-hybridized carbons (Fsp3) is 0. The van der Waals surface area contributed by atoms with Crippen molar-refractivity contribution < 1.29 is 16.4 Å². The zero-order valence-electron chi connectivity index (χ0n) is 44.7. The van der Waals surface area contributed by atoms with Gasteiger partial charge in [0.25, 0.3) is 0 Å². The van der Waals surface area contributed by atoms with Gasteiger partial charge in [0.05, 0.1) is 44.2 Å². The maximum absolute atomic E-state index is 9.67. The third-order valence-electron chi connectivity index (χ3n) is 11.1. The first-order valence-electron chi connectivity index (χ1n) is 26.0. The van der Waals surface area contributed by atoms with E-state index < -0.39 is 83.6 Å². The van der Waals surface area contributed by atoms with Crippen molar-refractivity contribution in [3.8, 4) is 67.8 Å². The molecular formula is C57H37N5. The van der Waals surface area contributed by atoms with Gasteiger partial charge in [0.2, 0.25) is 0 Å². The van der Waals surface area contributed by atoms with Crippen LogP contribution in [-0.4, -0.2) is 24.1 Å². The third kappa shape index (κ3) is 5.98. The molecule has 0 aliphatic carbocycles. The molecule has 0 saturated carbocycles. The number of hydrogen-bond acceptors (Lipinski definition) is 3. The molecule has 12 aromatic rings. The molecule has 0 aliphatic rings. The van der Waals surface area contributed by atoms with E-state index in [9.17, 15) is 6.85 Å². The normalized spacial score (nSPS) is 14.3. The lowest BCUT2D eigenvalue weighted by molar-refractivity contribution is 1.06. The van der Waals surface area contributed by atoms with Crippen molar-refractivity contribution in [3.63, 3.8) is 0 Å². The highest BCUT2D eigenvalue weighted by atomic mass is 15.1. The lowest BCUT2D eigenvalue weighted by Crippen LogP contribution is -2.04. The zero-order valence-corrected chi connectivity index (χ0v) is 32.7. The van der Waals surface area contributed by atoms with Crippen LogP contribution in [-0.2, 0) is 0 Å². The first kappa shape index (κ1) is 25.3. The molecule has 0 atom stereocenters. The van der Waals surface area contributed by atoms with Gasteiger partial charge in [-0.15, -0.1) is 0 Å². The SMILES string of the molecule is [2H]c1c([2H])c([2H])c(-c2c([2H])c([2H])c3c(c2[2H])c2c([2H])c([2H])c([2H])c([2H])c2n3-c2ccc3c4ccccc4n(-c4ccccc4-c4nc(-c5ccccc5)nc(-c5ccc(-c6ccccc6)cc5)n4)c3c2)c([2H])c1[2H]. The van der Waals surface area contributed by atoms with Crippen LogP contribution in [0.4, 0.5) is 0 Å². The number of aromatic nitrogens is 5. The topological polar surface area (TPSA) is 48.5 Å². The molecule has 9 aromatic carbocycles. The van der Waals surface area contributed by atoms with Crippen molar-refractivity contribution in [2.45, 2.75) is 0 Å². The van der Waals surface area contributed by atoms with Crippen LogP contribution in [0.1, 0.15) is 16.4 Å². The molecule has 0 bridgehead atoms. The van der Waals surface area contributed by atoms with E-state index in [2.05, 4.69) is 16.7 Å². The van der Waals surface area contributed by atoms with Crippen LogP contribution < -0.4 is 0 Å². The summed E-state index contributed by atoms with van der Waals surface area (Å²) in [6, 6.07) is 41.7. The van der Waals surface area contributed by atoms with Gasteiger partial charge in [0, 0.05) is 43.9 Å². The second-order valence-electron chi connectivity index (χ2n) is 14.7. The van der Waals surface area contributed by atoms with E-state index in [0.717, 1.165) is 38.5 Å². The highest BCUT2D eigenvalue weighted by molar-refractivity contribution is 6.13. The fourth-order valence-corrected chi connectivity index (χ4v) is 8.27. The Morgan fingerprint density at radius 1 is 0.339 bits per heavy atom. The molecule has 0 N–H and O–H groups in total. The molecule has 0 saturated heterocycles. The van der Waals surface area contributed by atoms with E-state index in [-0.39, 0.29) is 21.8 Å². The van der Waals surface area contributed by atoms with Crippen molar-refractivity contribution in [1.82, 2.24) is 24.1 Å². The first-order chi connectivity index (χ1) is 35.7. The molecule has 5 heteroatoms. The van der Waals surface area contributed by atoms with Gasteiger partial charge in [0.15, 0.2) is 17.5 Å². The number of benzene rings is 9. The summed E-state index contributed by atoms with van der Waals surface area (Å²) < 4.78 is 111. The molecule has 3 heterocycles. The summed E-state index contributed by atoms with van der Waals surface area (Å²) in [5, 5.41) is 1.44. The van der Waals surface area contributed by atoms with Gasteiger partial charge < -0.3 is 9.13 Å². The van der Waals surface area contributed by atoms with Gasteiger partial charge in [-0.1, -0.05) is 176 Å². The number of nitrogens with zero attached hydrogens (tertiary/aromatic N) is 5. The molecule has 290 valence electrons. The van der Waals surface area contributed by atoms with Crippen LogP contribution in [0.2, 0.25) is 0 Å². The third-order valence-corrected chi connectivity index (χ3v) is 11.1. The molecule has 0 radical (unpaired) electrons. The molecular weight excluding hydrogens is 755 g/mol. The lowest BCUT2D eigenvalue weighted by atomic mass is 10.0. The Kier molecular flexibility index (Phi) is 5.99. The monoisotopic (exact) mass is 803 g/mol. The van der Waals surface area contributed by atoms with Gasteiger partial charge in [-0.25, -0.2) is 15.0 Å². The van der Waals surface area contributed by atoms with Crippen LogP contribution in [0.5, 0.6) is 0 Å².